The molecule has 1 unspecified atom stereocenters. The summed E-state index contributed by atoms with van der Waals surface area (Å²) in [5.74, 6) is 0.691. The topological polar surface area (TPSA) is 79.0 Å². The Morgan fingerprint density at radius 1 is 0.973 bits per heavy atom. The molecule has 37 heavy (non-hydrogen) atoms. The van der Waals surface area contributed by atoms with Gasteiger partial charge in [-0.25, -0.2) is 0 Å². The fourth-order valence-corrected chi connectivity index (χ4v) is 5.24. The third-order valence-corrected chi connectivity index (χ3v) is 7.16. The highest BCUT2D eigenvalue weighted by atomic mass is 16.5. The third kappa shape index (κ3) is 5.07. The number of nitrogens with one attached hydrogen (secondary N) is 1. The van der Waals surface area contributed by atoms with E-state index >= 15 is 0 Å². The first-order valence-corrected chi connectivity index (χ1v) is 12.7. The molecule has 3 aromatic rings. The van der Waals surface area contributed by atoms with Crippen LogP contribution in [-0.4, -0.2) is 34.8 Å². The molecule has 0 bridgehead atoms. The van der Waals surface area contributed by atoms with Gasteiger partial charge in [0.15, 0.2) is 0 Å². The van der Waals surface area contributed by atoms with Gasteiger partial charge in [-0.1, -0.05) is 54.6 Å². The highest BCUT2D eigenvalue weighted by Gasteiger charge is 2.52. The molecule has 1 saturated heterocycles. The molecule has 0 spiro atoms. The van der Waals surface area contributed by atoms with Gasteiger partial charge < -0.3 is 15.0 Å². The largest absolute Gasteiger partial charge is 0.489 e. The highest BCUT2D eigenvalue weighted by molar-refractivity contribution is 6.10. The van der Waals surface area contributed by atoms with Crippen molar-refractivity contribution in [2.24, 2.45) is 0 Å². The first kappa shape index (κ1) is 24.6. The van der Waals surface area contributed by atoms with Gasteiger partial charge in [-0.3, -0.25) is 19.3 Å². The average Bonchev–Trinajstić information content (AvgIpc) is 3.24. The second kappa shape index (κ2) is 10.5. The molecular formula is C30H31N3O4. The van der Waals surface area contributed by atoms with Gasteiger partial charge in [-0.15, -0.1) is 0 Å². The van der Waals surface area contributed by atoms with E-state index in [9.17, 15) is 14.4 Å². The molecular weight excluding hydrogens is 466 g/mol. The second-order valence-corrected chi connectivity index (χ2v) is 9.72. The smallest absolute Gasteiger partial charge is 0.257 e. The first-order chi connectivity index (χ1) is 18.0. The van der Waals surface area contributed by atoms with Gasteiger partial charge in [-0.05, 0) is 55.2 Å². The van der Waals surface area contributed by atoms with Crippen LogP contribution in [-0.2, 0) is 22.7 Å². The summed E-state index contributed by atoms with van der Waals surface area (Å²) in [4.78, 5) is 42.1. The number of carbonyl (C=O) groups is 3. The number of para-hydroxylation sites is 2. The summed E-state index contributed by atoms with van der Waals surface area (Å²) in [5.41, 5.74) is 2.56. The minimum atomic E-state index is -0.693. The van der Waals surface area contributed by atoms with Gasteiger partial charge in [0.05, 0.1) is 11.3 Å². The van der Waals surface area contributed by atoms with E-state index in [0.717, 1.165) is 16.9 Å². The lowest BCUT2D eigenvalue weighted by Gasteiger charge is -2.48. The van der Waals surface area contributed by atoms with Crippen molar-refractivity contribution in [3.8, 4) is 5.75 Å². The zero-order valence-electron chi connectivity index (χ0n) is 21.0. The van der Waals surface area contributed by atoms with Crippen LogP contribution in [0.2, 0.25) is 0 Å². The molecule has 5 rings (SSSR count). The highest BCUT2D eigenvalue weighted by Crippen LogP contribution is 2.44. The average molecular weight is 498 g/mol. The van der Waals surface area contributed by atoms with Crippen molar-refractivity contribution in [2.75, 3.05) is 11.4 Å². The van der Waals surface area contributed by atoms with E-state index in [1.807, 2.05) is 79.7 Å². The molecule has 1 atom stereocenters. The number of hydrogen-bond acceptors (Lipinski definition) is 4. The van der Waals surface area contributed by atoms with E-state index in [4.69, 9.17) is 4.74 Å². The number of hydrogen-bond donors (Lipinski definition) is 1. The zero-order chi connectivity index (χ0) is 25.8. The number of rotatable bonds is 9. The molecule has 1 N–H and O–H groups in total. The minimum Gasteiger partial charge on any atom is -0.489 e. The molecule has 2 aliphatic heterocycles. The Morgan fingerprint density at radius 2 is 1.73 bits per heavy atom. The van der Waals surface area contributed by atoms with Crippen LogP contribution in [0.5, 0.6) is 5.75 Å². The molecule has 0 aliphatic carbocycles. The van der Waals surface area contributed by atoms with Gasteiger partial charge in [0, 0.05) is 25.9 Å². The summed E-state index contributed by atoms with van der Waals surface area (Å²) in [6.45, 7) is 3.23. The van der Waals surface area contributed by atoms with Crippen LogP contribution in [0.4, 0.5) is 5.69 Å². The standard InChI is InChI=1S/C30H31N3O4/c1-30-17-16-28(35)33(30)26-14-6-5-13-25(26)29(36)32(30)18-8-15-27(34)31-20-22-9-7-10-23(19-22)21-37-24-11-3-2-4-12-24/h2-7,9-14,19H,8,15-18,20-21H2,1H3,(H,31,34). The van der Waals surface area contributed by atoms with Gasteiger partial charge in [-0.2, -0.15) is 0 Å². The zero-order valence-corrected chi connectivity index (χ0v) is 21.0. The number of benzene rings is 3. The molecule has 0 aromatic heterocycles. The summed E-state index contributed by atoms with van der Waals surface area (Å²) < 4.78 is 5.81. The van der Waals surface area contributed by atoms with Crippen LogP contribution in [0.1, 0.15) is 54.1 Å². The number of anilines is 1. The lowest BCUT2D eigenvalue weighted by atomic mass is 9.98. The van der Waals surface area contributed by atoms with Crippen LogP contribution in [0.15, 0.2) is 78.9 Å². The summed E-state index contributed by atoms with van der Waals surface area (Å²) in [5, 5.41) is 2.98. The Kier molecular flexibility index (Phi) is 6.95. The van der Waals surface area contributed by atoms with E-state index in [1.54, 1.807) is 15.9 Å². The maximum atomic E-state index is 13.3. The summed E-state index contributed by atoms with van der Waals surface area (Å²) >= 11 is 0. The predicted octanol–water partition coefficient (Wildman–Crippen LogP) is 4.66. The molecule has 2 heterocycles. The molecule has 0 saturated carbocycles. The van der Waals surface area contributed by atoms with E-state index in [1.165, 1.54) is 0 Å². The fourth-order valence-electron chi connectivity index (χ4n) is 5.24. The maximum absolute atomic E-state index is 13.3. The number of nitrogens with zero attached hydrogens (tertiary/aromatic N) is 2. The van der Waals surface area contributed by atoms with Gasteiger partial charge >= 0.3 is 0 Å². The Balaban J connectivity index is 1.14. The van der Waals surface area contributed by atoms with Crippen molar-refractivity contribution in [2.45, 2.75) is 51.4 Å². The Morgan fingerprint density at radius 3 is 2.57 bits per heavy atom. The third-order valence-electron chi connectivity index (χ3n) is 7.16. The lowest BCUT2D eigenvalue weighted by molar-refractivity contribution is -0.121. The number of fused-ring (bicyclic) bond motifs is 3. The van der Waals surface area contributed by atoms with Crippen LogP contribution in [0.25, 0.3) is 0 Å². The van der Waals surface area contributed by atoms with Gasteiger partial charge in [0.2, 0.25) is 11.8 Å². The number of amides is 3. The van der Waals surface area contributed by atoms with Crippen molar-refractivity contribution in [3.63, 3.8) is 0 Å². The van der Waals surface area contributed by atoms with E-state index in [-0.39, 0.29) is 17.7 Å². The number of carbonyl (C=O) groups excluding carboxylic acids is 3. The van der Waals surface area contributed by atoms with E-state index in [0.29, 0.717) is 56.6 Å². The van der Waals surface area contributed by atoms with Crippen molar-refractivity contribution in [3.05, 3.63) is 95.6 Å². The van der Waals surface area contributed by atoms with E-state index in [2.05, 4.69) is 5.32 Å². The van der Waals surface area contributed by atoms with Crippen molar-refractivity contribution < 1.29 is 19.1 Å². The van der Waals surface area contributed by atoms with Gasteiger partial charge in [0.25, 0.3) is 5.91 Å². The Bertz CT molecular complexity index is 1310. The molecule has 190 valence electrons. The van der Waals surface area contributed by atoms with Crippen LogP contribution in [0.3, 0.4) is 0 Å². The summed E-state index contributed by atoms with van der Waals surface area (Å²) in [7, 11) is 0. The monoisotopic (exact) mass is 497 g/mol. The van der Waals surface area contributed by atoms with Crippen molar-refractivity contribution in [1.29, 1.82) is 0 Å². The predicted molar refractivity (Wildman–Crippen MR) is 141 cm³/mol. The van der Waals surface area contributed by atoms with Crippen LogP contribution in [0, 0.1) is 0 Å². The number of ether oxygens (including phenoxy) is 1. The van der Waals surface area contributed by atoms with Crippen LogP contribution < -0.4 is 15.0 Å². The molecule has 0 radical (unpaired) electrons. The van der Waals surface area contributed by atoms with Crippen molar-refractivity contribution in [1.82, 2.24) is 10.2 Å². The second-order valence-electron chi connectivity index (χ2n) is 9.72. The fraction of sp³-hybridized carbons (Fsp3) is 0.300. The van der Waals surface area contributed by atoms with Crippen molar-refractivity contribution >= 4 is 23.4 Å². The minimum absolute atomic E-state index is 0.0293. The molecule has 7 heteroatoms. The molecule has 3 amide bonds. The molecule has 7 nitrogen and oxygen atoms in total. The molecule has 2 aliphatic rings. The maximum Gasteiger partial charge on any atom is 0.257 e. The van der Waals surface area contributed by atoms with E-state index < -0.39 is 5.66 Å². The molecule has 1 fully saturated rings. The van der Waals surface area contributed by atoms with Gasteiger partial charge in [0.1, 0.15) is 18.0 Å². The SMILES string of the molecule is CC12CCC(=O)N1c1ccccc1C(=O)N2CCCC(=O)NCc1cccc(COc2ccccc2)c1. The Labute approximate surface area is 217 Å². The summed E-state index contributed by atoms with van der Waals surface area (Å²) in [6.07, 6.45) is 1.81. The quantitative estimate of drug-likeness (QED) is 0.466. The lowest BCUT2D eigenvalue weighted by Crippen LogP contribution is -2.62. The Hall–Kier alpha value is -4.13. The van der Waals surface area contributed by atoms with Crippen LogP contribution >= 0.6 is 0 Å². The molecule has 3 aromatic carbocycles. The first-order valence-electron chi connectivity index (χ1n) is 12.7. The summed E-state index contributed by atoms with van der Waals surface area (Å²) in [6, 6.07) is 24.9. The normalized spacial score (nSPS) is 18.4.